The summed E-state index contributed by atoms with van der Waals surface area (Å²) in [4.78, 5) is 5.39. The van der Waals surface area contributed by atoms with Gasteiger partial charge >= 0.3 is 7.12 Å². The molecule has 1 unspecified atom stereocenters. The van der Waals surface area contributed by atoms with E-state index in [0.29, 0.717) is 13.0 Å². The van der Waals surface area contributed by atoms with Crippen LogP contribution < -0.4 is 11.0 Å². The van der Waals surface area contributed by atoms with Crippen molar-refractivity contribution in [3.05, 3.63) is 71.0 Å². The largest absolute Gasteiger partial charge is 0.472 e. The predicted molar refractivity (Wildman–Crippen MR) is 114 cm³/mol. The molecule has 7 nitrogen and oxygen atoms in total. The van der Waals surface area contributed by atoms with E-state index >= 15 is 0 Å². The van der Waals surface area contributed by atoms with E-state index in [-0.39, 0.29) is 6.10 Å². The Hall–Kier alpha value is -2.20. The van der Waals surface area contributed by atoms with E-state index in [2.05, 4.69) is 36.1 Å². The Labute approximate surface area is 176 Å². The molecule has 1 fully saturated rings. The first-order valence-electron chi connectivity index (χ1n) is 10.3. The van der Waals surface area contributed by atoms with E-state index in [1.165, 1.54) is 0 Å². The van der Waals surface area contributed by atoms with Gasteiger partial charge in [-0.3, -0.25) is 0 Å². The first-order valence-corrected chi connectivity index (χ1v) is 10.3. The first kappa shape index (κ1) is 21.1. The SMILES string of the molecule is Cc1ccc(C2CCCO2)c(CNON[C@@H](Cc2coc3ccccc23)B(O)O)c1. The Morgan fingerprint density at radius 2 is 2.07 bits per heavy atom. The van der Waals surface area contributed by atoms with Gasteiger partial charge in [0.15, 0.2) is 0 Å². The maximum Gasteiger partial charge on any atom is 0.472 e. The smallest absolute Gasteiger partial charge is 0.464 e. The van der Waals surface area contributed by atoms with E-state index < -0.39 is 13.1 Å². The Balaban J connectivity index is 1.35. The van der Waals surface area contributed by atoms with E-state index in [1.54, 1.807) is 6.26 Å². The summed E-state index contributed by atoms with van der Waals surface area (Å²) >= 11 is 0. The standard InChI is InChI=1S/C22H27BN2O5/c1-15-8-9-19(20-7-4-10-28-20)16(11-15)13-24-30-25-22(23(26)27)12-17-14-29-21-6-3-2-5-18(17)21/h2-3,5-6,8-9,11,14,20,22,24-27H,4,7,10,12-13H2,1H3/t20?,22-/m0/s1. The number of rotatable bonds is 9. The normalized spacial score (nSPS) is 17.5. The second-order valence-corrected chi connectivity index (χ2v) is 7.73. The van der Waals surface area contributed by atoms with Crippen LogP contribution in [0.3, 0.4) is 0 Å². The van der Waals surface area contributed by atoms with Crippen LogP contribution in [0.1, 0.15) is 41.2 Å². The van der Waals surface area contributed by atoms with Gasteiger partial charge in [0, 0.05) is 18.5 Å². The number of hydrogen-bond acceptors (Lipinski definition) is 7. The zero-order valence-electron chi connectivity index (χ0n) is 17.0. The lowest BCUT2D eigenvalue weighted by molar-refractivity contribution is -0.0527. The Morgan fingerprint density at radius 1 is 1.20 bits per heavy atom. The summed E-state index contributed by atoms with van der Waals surface area (Å²) in [5.74, 6) is -0.728. The number of fused-ring (bicyclic) bond motifs is 1. The molecule has 30 heavy (non-hydrogen) atoms. The molecule has 4 N–H and O–H groups in total. The lowest BCUT2D eigenvalue weighted by atomic mass is 9.76. The molecule has 2 heterocycles. The number of hydroxylamine groups is 2. The van der Waals surface area contributed by atoms with Gasteiger partial charge in [-0.05, 0) is 48.9 Å². The van der Waals surface area contributed by atoms with Crippen LogP contribution in [-0.2, 0) is 22.6 Å². The Kier molecular flexibility index (Phi) is 6.84. The molecule has 1 saturated heterocycles. The lowest BCUT2D eigenvalue weighted by Crippen LogP contribution is -2.47. The van der Waals surface area contributed by atoms with Crippen molar-refractivity contribution >= 4 is 18.1 Å². The van der Waals surface area contributed by atoms with Crippen molar-refractivity contribution in [1.29, 1.82) is 0 Å². The summed E-state index contributed by atoms with van der Waals surface area (Å²) in [5, 5.41) is 20.5. The average molecular weight is 410 g/mol. The molecule has 0 spiro atoms. The molecule has 2 atom stereocenters. The van der Waals surface area contributed by atoms with Crippen molar-refractivity contribution in [2.75, 3.05) is 6.61 Å². The number of para-hydroxylation sites is 1. The number of nitrogens with one attached hydrogen (secondary N) is 2. The average Bonchev–Trinajstić information content (AvgIpc) is 3.40. The summed E-state index contributed by atoms with van der Waals surface area (Å²) in [6, 6.07) is 14.0. The Bertz CT molecular complexity index is 971. The van der Waals surface area contributed by atoms with E-state index in [1.807, 2.05) is 24.3 Å². The summed E-state index contributed by atoms with van der Waals surface area (Å²) in [6.07, 6.45) is 4.18. The van der Waals surface area contributed by atoms with Gasteiger partial charge in [-0.1, -0.05) is 42.0 Å². The fourth-order valence-electron chi connectivity index (χ4n) is 3.89. The van der Waals surface area contributed by atoms with E-state index in [9.17, 15) is 10.0 Å². The maximum absolute atomic E-state index is 9.76. The van der Waals surface area contributed by atoms with Crippen LogP contribution in [0.25, 0.3) is 11.0 Å². The predicted octanol–water partition coefficient (Wildman–Crippen LogP) is 2.74. The van der Waals surface area contributed by atoms with Gasteiger partial charge < -0.3 is 19.2 Å². The van der Waals surface area contributed by atoms with Crippen molar-refractivity contribution in [3.63, 3.8) is 0 Å². The minimum atomic E-state index is -1.60. The summed E-state index contributed by atoms with van der Waals surface area (Å²) < 4.78 is 11.4. The highest BCUT2D eigenvalue weighted by molar-refractivity contribution is 6.43. The molecule has 8 heteroatoms. The maximum atomic E-state index is 9.76. The van der Waals surface area contributed by atoms with Crippen LogP contribution in [0.15, 0.2) is 53.1 Å². The molecule has 1 aliphatic heterocycles. The van der Waals surface area contributed by atoms with Crippen molar-refractivity contribution in [1.82, 2.24) is 11.0 Å². The van der Waals surface area contributed by atoms with Crippen LogP contribution in [0.5, 0.6) is 0 Å². The number of hydrogen-bond donors (Lipinski definition) is 4. The minimum absolute atomic E-state index is 0.122. The number of furan rings is 1. The number of benzene rings is 2. The summed E-state index contributed by atoms with van der Waals surface area (Å²) in [7, 11) is -1.60. The molecule has 0 bridgehead atoms. The van der Waals surface area contributed by atoms with Crippen LogP contribution in [0.2, 0.25) is 0 Å². The molecule has 4 rings (SSSR count). The fraction of sp³-hybridized carbons (Fsp3) is 0.364. The van der Waals surface area contributed by atoms with Crippen LogP contribution >= 0.6 is 0 Å². The molecular formula is C22H27BN2O5. The zero-order chi connectivity index (χ0) is 20.9. The van der Waals surface area contributed by atoms with E-state index in [4.69, 9.17) is 14.1 Å². The van der Waals surface area contributed by atoms with Gasteiger partial charge in [-0.2, -0.15) is 11.0 Å². The lowest BCUT2D eigenvalue weighted by Gasteiger charge is -2.19. The molecular weight excluding hydrogens is 383 g/mol. The monoisotopic (exact) mass is 410 g/mol. The Morgan fingerprint density at radius 3 is 2.87 bits per heavy atom. The topological polar surface area (TPSA) is 96.1 Å². The quantitative estimate of drug-likeness (QED) is 0.245. The van der Waals surface area contributed by atoms with Gasteiger partial charge in [-0.25, -0.2) is 4.94 Å². The van der Waals surface area contributed by atoms with Gasteiger partial charge in [-0.15, -0.1) is 0 Å². The fourth-order valence-corrected chi connectivity index (χ4v) is 3.89. The molecule has 1 aromatic heterocycles. The molecule has 0 radical (unpaired) electrons. The van der Waals surface area contributed by atoms with Crippen molar-refractivity contribution in [3.8, 4) is 0 Å². The van der Waals surface area contributed by atoms with Crippen LogP contribution in [0, 0.1) is 6.92 Å². The minimum Gasteiger partial charge on any atom is -0.464 e. The van der Waals surface area contributed by atoms with Gasteiger partial charge in [0.25, 0.3) is 0 Å². The molecule has 1 aliphatic rings. The van der Waals surface area contributed by atoms with Gasteiger partial charge in [0.1, 0.15) is 5.58 Å². The van der Waals surface area contributed by atoms with Crippen LogP contribution in [-0.4, -0.2) is 29.7 Å². The highest BCUT2D eigenvalue weighted by Gasteiger charge is 2.26. The van der Waals surface area contributed by atoms with Crippen molar-refractivity contribution in [2.45, 2.75) is 44.8 Å². The highest BCUT2D eigenvalue weighted by Crippen LogP contribution is 2.31. The van der Waals surface area contributed by atoms with E-state index in [0.717, 1.165) is 52.7 Å². The van der Waals surface area contributed by atoms with Gasteiger partial charge in [0.05, 0.1) is 18.3 Å². The summed E-state index contributed by atoms with van der Waals surface area (Å²) in [6.45, 7) is 3.31. The molecule has 158 valence electrons. The van der Waals surface area contributed by atoms with Crippen molar-refractivity contribution < 1.29 is 24.1 Å². The number of ether oxygens (including phenoxy) is 1. The van der Waals surface area contributed by atoms with Gasteiger partial charge in [0.2, 0.25) is 0 Å². The highest BCUT2D eigenvalue weighted by atomic mass is 16.8. The third kappa shape index (κ3) is 4.92. The molecule has 3 aromatic rings. The molecule has 0 aliphatic carbocycles. The third-order valence-electron chi connectivity index (χ3n) is 5.48. The van der Waals surface area contributed by atoms with Crippen LogP contribution in [0.4, 0.5) is 0 Å². The summed E-state index contributed by atoms with van der Waals surface area (Å²) in [5.41, 5.74) is 10.7. The second kappa shape index (κ2) is 9.74. The van der Waals surface area contributed by atoms with Crippen molar-refractivity contribution in [2.24, 2.45) is 0 Å². The molecule has 2 aromatic carbocycles. The first-order chi connectivity index (χ1) is 14.6. The third-order valence-corrected chi connectivity index (χ3v) is 5.48. The number of aryl methyl sites for hydroxylation is 1. The molecule has 0 amide bonds. The molecule has 0 saturated carbocycles. The second-order valence-electron chi connectivity index (χ2n) is 7.73. The zero-order valence-corrected chi connectivity index (χ0v) is 17.0.